The smallest absolute Gasteiger partial charge is 0.229 e. The minimum atomic E-state index is -0.388. The number of benzene rings is 2. The Labute approximate surface area is 149 Å². The molecule has 2 aromatic carbocycles. The van der Waals surface area contributed by atoms with Crippen molar-refractivity contribution in [3.8, 4) is 0 Å². The van der Waals surface area contributed by atoms with Gasteiger partial charge in [-0.15, -0.1) is 0 Å². The molecule has 6 heteroatoms. The molecule has 1 fully saturated rings. The number of amides is 2. The van der Waals surface area contributed by atoms with Gasteiger partial charge in [0.25, 0.3) is 0 Å². The Morgan fingerprint density at radius 3 is 2.88 bits per heavy atom. The van der Waals surface area contributed by atoms with Gasteiger partial charge in [0.2, 0.25) is 11.8 Å². The number of hydrogen-bond donors (Lipinski definition) is 2. The zero-order valence-electron chi connectivity index (χ0n) is 13.3. The molecule has 3 aromatic rings. The highest BCUT2D eigenvalue weighted by molar-refractivity contribution is 6.31. The largest absolute Gasteiger partial charge is 0.361 e. The molecule has 1 aromatic heterocycles. The molecule has 0 radical (unpaired) electrons. The highest BCUT2D eigenvalue weighted by Gasteiger charge is 2.35. The summed E-state index contributed by atoms with van der Waals surface area (Å²) in [5, 5.41) is 4.47. The maximum Gasteiger partial charge on any atom is 0.229 e. The molecule has 0 unspecified atom stereocenters. The van der Waals surface area contributed by atoms with E-state index in [1.165, 1.54) is 0 Å². The zero-order valence-corrected chi connectivity index (χ0v) is 14.1. The van der Waals surface area contributed by atoms with Crippen LogP contribution in [0.3, 0.4) is 0 Å². The van der Waals surface area contributed by atoms with Gasteiger partial charge in [0.1, 0.15) is 0 Å². The summed E-state index contributed by atoms with van der Waals surface area (Å²) in [5.74, 6) is -0.602. The molecule has 0 saturated carbocycles. The summed E-state index contributed by atoms with van der Waals surface area (Å²) < 4.78 is 0. The molecule has 0 spiro atoms. The van der Waals surface area contributed by atoms with Crippen molar-refractivity contribution in [1.29, 1.82) is 0 Å². The van der Waals surface area contributed by atoms with Crippen molar-refractivity contribution >= 4 is 45.7 Å². The van der Waals surface area contributed by atoms with E-state index in [1.807, 2.05) is 36.5 Å². The lowest BCUT2D eigenvalue weighted by Gasteiger charge is -2.17. The van der Waals surface area contributed by atoms with Crippen LogP contribution in [0.15, 0.2) is 54.7 Å². The number of carbonyl (C=O) groups excluding carboxylic acids is 2. The van der Waals surface area contributed by atoms with Crippen molar-refractivity contribution in [1.82, 2.24) is 4.98 Å². The van der Waals surface area contributed by atoms with E-state index in [4.69, 9.17) is 11.6 Å². The van der Waals surface area contributed by atoms with Crippen LogP contribution in [0, 0.1) is 5.92 Å². The molecule has 1 saturated heterocycles. The molecule has 2 heterocycles. The quantitative estimate of drug-likeness (QED) is 0.752. The molecule has 0 aliphatic carbocycles. The average Bonchev–Trinajstić information content (AvgIpc) is 3.22. The molecule has 126 valence electrons. The molecule has 5 nitrogen and oxygen atoms in total. The highest BCUT2D eigenvalue weighted by Crippen LogP contribution is 2.29. The minimum Gasteiger partial charge on any atom is -0.361 e. The molecule has 2 amide bonds. The van der Waals surface area contributed by atoms with Crippen LogP contribution in [0.2, 0.25) is 5.02 Å². The van der Waals surface area contributed by atoms with Crippen LogP contribution in [0.1, 0.15) is 6.42 Å². The molecule has 2 N–H and O–H groups in total. The number of halogens is 1. The van der Waals surface area contributed by atoms with Crippen molar-refractivity contribution in [2.75, 3.05) is 16.8 Å². The van der Waals surface area contributed by atoms with Crippen molar-refractivity contribution in [3.63, 3.8) is 0 Å². The van der Waals surface area contributed by atoms with Gasteiger partial charge in [-0.1, -0.05) is 23.7 Å². The summed E-state index contributed by atoms with van der Waals surface area (Å²) in [6.07, 6.45) is 2.03. The number of rotatable bonds is 3. The number of nitrogens with one attached hydrogen (secondary N) is 2. The highest BCUT2D eigenvalue weighted by atomic mass is 35.5. The van der Waals surface area contributed by atoms with Crippen molar-refractivity contribution < 1.29 is 9.59 Å². The fourth-order valence-corrected chi connectivity index (χ4v) is 3.39. The van der Waals surface area contributed by atoms with Crippen LogP contribution < -0.4 is 10.2 Å². The lowest BCUT2D eigenvalue weighted by molar-refractivity contribution is -0.122. The van der Waals surface area contributed by atoms with E-state index in [9.17, 15) is 9.59 Å². The van der Waals surface area contributed by atoms with Crippen LogP contribution in [0.25, 0.3) is 10.9 Å². The molecule has 1 aliphatic heterocycles. The van der Waals surface area contributed by atoms with E-state index in [2.05, 4.69) is 10.3 Å². The van der Waals surface area contributed by atoms with Crippen molar-refractivity contribution in [2.24, 2.45) is 5.92 Å². The fourth-order valence-electron chi connectivity index (χ4n) is 3.21. The van der Waals surface area contributed by atoms with Gasteiger partial charge in [0.05, 0.1) is 11.6 Å². The Morgan fingerprint density at radius 1 is 1.20 bits per heavy atom. The number of carbonyl (C=O) groups is 2. The number of aromatic amines is 1. The van der Waals surface area contributed by atoms with E-state index in [-0.39, 0.29) is 24.2 Å². The average molecular weight is 354 g/mol. The fraction of sp³-hybridized carbons (Fsp3) is 0.158. The third-order valence-electron chi connectivity index (χ3n) is 4.47. The Hall–Kier alpha value is -2.79. The summed E-state index contributed by atoms with van der Waals surface area (Å²) in [6, 6.07) is 14.7. The van der Waals surface area contributed by atoms with Gasteiger partial charge in [-0.2, -0.15) is 0 Å². The number of anilines is 2. The van der Waals surface area contributed by atoms with Gasteiger partial charge in [-0.25, -0.2) is 0 Å². The lowest BCUT2D eigenvalue weighted by Crippen LogP contribution is -2.28. The number of H-pyrrole nitrogens is 1. The third-order valence-corrected chi connectivity index (χ3v) is 4.70. The summed E-state index contributed by atoms with van der Waals surface area (Å²) in [5.41, 5.74) is 2.43. The topological polar surface area (TPSA) is 65.2 Å². The number of hydrogen-bond acceptors (Lipinski definition) is 2. The molecule has 4 rings (SSSR count). The number of fused-ring (bicyclic) bond motifs is 1. The second-order valence-corrected chi connectivity index (χ2v) is 6.56. The van der Waals surface area contributed by atoms with Gasteiger partial charge in [0.15, 0.2) is 0 Å². The second-order valence-electron chi connectivity index (χ2n) is 6.12. The van der Waals surface area contributed by atoms with E-state index in [0.717, 1.165) is 22.3 Å². The first-order valence-electron chi connectivity index (χ1n) is 8.05. The zero-order chi connectivity index (χ0) is 17.4. The van der Waals surface area contributed by atoms with Gasteiger partial charge < -0.3 is 15.2 Å². The first-order chi connectivity index (χ1) is 12.1. The minimum absolute atomic E-state index is 0.0673. The van der Waals surface area contributed by atoms with E-state index < -0.39 is 0 Å². The number of aromatic nitrogens is 1. The lowest BCUT2D eigenvalue weighted by atomic mass is 10.1. The van der Waals surface area contributed by atoms with Gasteiger partial charge in [-0.3, -0.25) is 9.59 Å². The molecule has 0 bridgehead atoms. The number of nitrogens with zero attached hydrogens (tertiary/aromatic N) is 1. The first kappa shape index (κ1) is 15.7. The first-order valence-corrected chi connectivity index (χ1v) is 8.42. The maximum atomic E-state index is 12.6. The predicted molar refractivity (Wildman–Crippen MR) is 98.8 cm³/mol. The maximum absolute atomic E-state index is 12.6. The normalized spacial score (nSPS) is 17.2. The van der Waals surface area contributed by atoms with Crippen LogP contribution in [-0.4, -0.2) is 23.3 Å². The molecule has 1 atom stereocenters. The summed E-state index contributed by atoms with van der Waals surface area (Å²) >= 11 is 6.00. The Balaban J connectivity index is 1.52. The second kappa shape index (κ2) is 6.26. The summed E-state index contributed by atoms with van der Waals surface area (Å²) in [6.45, 7) is 0.355. The van der Waals surface area contributed by atoms with Crippen molar-refractivity contribution in [3.05, 3.63) is 59.8 Å². The standard InChI is InChI=1S/C19H16ClN3O2/c20-13-3-1-4-14(10-13)23-11-12(9-18(23)24)19(25)22-17-6-2-5-16-15(17)7-8-21-16/h1-8,10,12,21H,9,11H2,(H,22,25)/t12-/m1/s1. The predicted octanol–water partition coefficient (Wildman–Crippen LogP) is 3.81. The van der Waals surface area contributed by atoms with Crippen LogP contribution >= 0.6 is 11.6 Å². The SMILES string of the molecule is O=C(Nc1cccc2[nH]ccc12)[C@@H]1CC(=O)N(c2cccc(Cl)c2)C1. The monoisotopic (exact) mass is 353 g/mol. The van der Waals surface area contributed by atoms with E-state index in [1.54, 1.807) is 23.1 Å². The van der Waals surface area contributed by atoms with E-state index >= 15 is 0 Å². The van der Waals surface area contributed by atoms with Crippen LogP contribution in [-0.2, 0) is 9.59 Å². The Morgan fingerprint density at radius 2 is 2.04 bits per heavy atom. The van der Waals surface area contributed by atoms with Gasteiger partial charge >= 0.3 is 0 Å². The molecular weight excluding hydrogens is 338 g/mol. The molecular formula is C19H16ClN3O2. The Kier molecular flexibility index (Phi) is 3.93. The van der Waals surface area contributed by atoms with Gasteiger partial charge in [-0.05, 0) is 36.4 Å². The molecule has 25 heavy (non-hydrogen) atoms. The van der Waals surface area contributed by atoms with Crippen LogP contribution in [0.4, 0.5) is 11.4 Å². The summed E-state index contributed by atoms with van der Waals surface area (Å²) in [7, 11) is 0. The van der Waals surface area contributed by atoms with Crippen molar-refractivity contribution in [2.45, 2.75) is 6.42 Å². The summed E-state index contributed by atoms with van der Waals surface area (Å²) in [4.78, 5) is 29.7. The third kappa shape index (κ3) is 2.98. The van der Waals surface area contributed by atoms with Crippen LogP contribution in [0.5, 0.6) is 0 Å². The van der Waals surface area contributed by atoms with Gasteiger partial charge in [0, 0.05) is 40.8 Å². The Bertz CT molecular complexity index is 966. The van der Waals surface area contributed by atoms with E-state index in [0.29, 0.717) is 11.6 Å². The molecule has 1 aliphatic rings.